The highest BCUT2D eigenvalue weighted by atomic mass is 16.3. The predicted octanol–water partition coefficient (Wildman–Crippen LogP) is 4.72. The van der Waals surface area contributed by atoms with E-state index in [2.05, 4.69) is 42.5 Å². The maximum atomic E-state index is 9.24. The second-order valence-electron chi connectivity index (χ2n) is 4.53. The number of phenolic OH excluding ortho intramolecular Hbond substituents is 1. The summed E-state index contributed by atoms with van der Waals surface area (Å²) >= 11 is 0. The summed E-state index contributed by atoms with van der Waals surface area (Å²) in [6.07, 6.45) is 4.13. The van der Waals surface area contributed by atoms with Crippen LogP contribution >= 0.6 is 0 Å². The van der Waals surface area contributed by atoms with E-state index < -0.39 is 0 Å². The van der Waals surface area contributed by atoms with Gasteiger partial charge in [-0.25, -0.2) is 0 Å². The van der Waals surface area contributed by atoms with Gasteiger partial charge in [-0.2, -0.15) is 0 Å². The molecule has 0 unspecified atom stereocenters. The summed E-state index contributed by atoms with van der Waals surface area (Å²) < 4.78 is 0. The van der Waals surface area contributed by atoms with E-state index in [4.69, 9.17) is 0 Å². The smallest absolute Gasteiger partial charge is 0.115 e. The molecule has 19 heavy (non-hydrogen) atoms. The molecule has 0 aromatic heterocycles. The number of hydrogen-bond acceptors (Lipinski definition) is 1. The first-order valence-corrected chi connectivity index (χ1v) is 6.27. The SMILES string of the molecule is Oc1ccc(/C=C\c2ccc3ccccc3c2)cc1. The van der Waals surface area contributed by atoms with Crippen molar-refractivity contribution in [2.75, 3.05) is 0 Å². The molecule has 3 rings (SSSR count). The Morgan fingerprint density at radius 3 is 2.05 bits per heavy atom. The fraction of sp³-hybridized carbons (Fsp3) is 0. The van der Waals surface area contributed by atoms with Crippen molar-refractivity contribution >= 4 is 22.9 Å². The van der Waals surface area contributed by atoms with Crippen molar-refractivity contribution < 1.29 is 5.11 Å². The molecule has 0 atom stereocenters. The number of aromatic hydroxyl groups is 1. The Labute approximate surface area is 112 Å². The van der Waals surface area contributed by atoms with E-state index >= 15 is 0 Å². The molecule has 0 fully saturated rings. The van der Waals surface area contributed by atoms with Crippen LogP contribution in [0.25, 0.3) is 22.9 Å². The Hall–Kier alpha value is -2.54. The number of fused-ring (bicyclic) bond motifs is 1. The molecule has 3 aromatic carbocycles. The van der Waals surface area contributed by atoms with E-state index in [9.17, 15) is 5.11 Å². The lowest BCUT2D eigenvalue weighted by Crippen LogP contribution is -1.75. The van der Waals surface area contributed by atoms with Crippen molar-refractivity contribution in [3.8, 4) is 5.75 Å². The molecule has 1 nitrogen and oxygen atoms in total. The van der Waals surface area contributed by atoms with E-state index in [1.165, 1.54) is 16.3 Å². The summed E-state index contributed by atoms with van der Waals surface area (Å²) in [6, 6.07) is 21.9. The minimum atomic E-state index is 0.294. The molecule has 0 aliphatic rings. The molecule has 1 heteroatoms. The minimum absolute atomic E-state index is 0.294. The first-order chi connectivity index (χ1) is 9.31. The average Bonchev–Trinajstić information content (AvgIpc) is 2.46. The molecule has 0 amide bonds. The largest absolute Gasteiger partial charge is 0.508 e. The summed E-state index contributed by atoms with van der Waals surface area (Å²) in [5, 5.41) is 11.7. The van der Waals surface area contributed by atoms with Crippen LogP contribution in [0.15, 0.2) is 66.7 Å². The van der Waals surface area contributed by atoms with Crippen molar-refractivity contribution in [3.05, 3.63) is 77.9 Å². The van der Waals surface area contributed by atoms with Gasteiger partial charge in [-0.15, -0.1) is 0 Å². The van der Waals surface area contributed by atoms with E-state index in [1.807, 2.05) is 24.3 Å². The first kappa shape index (κ1) is 11.5. The third kappa shape index (κ3) is 2.66. The molecular weight excluding hydrogens is 232 g/mol. The van der Waals surface area contributed by atoms with Gasteiger partial charge in [0.15, 0.2) is 0 Å². The Bertz CT molecular complexity index is 724. The van der Waals surface area contributed by atoms with Crippen molar-refractivity contribution in [2.24, 2.45) is 0 Å². The molecule has 0 saturated carbocycles. The van der Waals surface area contributed by atoms with Crippen molar-refractivity contribution in [1.29, 1.82) is 0 Å². The third-order valence-corrected chi connectivity index (χ3v) is 3.13. The minimum Gasteiger partial charge on any atom is -0.508 e. The van der Waals surface area contributed by atoms with Gasteiger partial charge in [0.2, 0.25) is 0 Å². The molecule has 0 aliphatic carbocycles. The van der Waals surface area contributed by atoms with Crippen LogP contribution in [0.5, 0.6) is 5.75 Å². The number of rotatable bonds is 2. The molecule has 0 bridgehead atoms. The van der Waals surface area contributed by atoms with Crippen LogP contribution in [-0.4, -0.2) is 5.11 Å². The van der Waals surface area contributed by atoms with E-state index in [0.29, 0.717) is 5.75 Å². The third-order valence-electron chi connectivity index (χ3n) is 3.13. The molecule has 0 radical (unpaired) electrons. The van der Waals surface area contributed by atoms with Crippen LogP contribution in [0.3, 0.4) is 0 Å². The van der Waals surface area contributed by atoms with Crippen LogP contribution < -0.4 is 0 Å². The predicted molar refractivity (Wildman–Crippen MR) is 81.0 cm³/mol. The molecule has 0 heterocycles. The van der Waals surface area contributed by atoms with Gasteiger partial charge >= 0.3 is 0 Å². The summed E-state index contributed by atoms with van der Waals surface area (Å²) in [4.78, 5) is 0. The molecule has 0 spiro atoms. The van der Waals surface area contributed by atoms with Gasteiger partial charge in [0.25, 0.3) is 0 Å². The Morgan fingerprint density at radius 2 is 1.26 bits per heavy atom. The van der Waals surface area contributed by atoms with Gasteiger partial charge in [0.05, 0.1) is 0 Å². The molecule has 3 aromatic rings. The second-order valence-corrected chi connectivity index (χ2v) is 4.53. The number of hydrogen-bond donors (Lipinski definition) is 1. The number of phenols is 1. The van der Waals surface area contributed by atoms with Crippen LogP contribution in [-0.2, 0) is 0 Å². The lowest BCUT2D eigenvalue weighted by Gasteiger charge is -1.99. The molecular formula is C18H14O. The Balaban J connectivity index is 1.90. The van der Waals surface area contributed by atoms with E-state index in [1.54, 1.807) is 12.1 Å². The lowest BCUT2D eigenvalue weighted by atomic mass is 10.1. The Morgan fingerprint density at radius 1 is 0.632 bits per heavy atom. The van der Waals surface area contributed by atoms with Gasteiger partial charge in [-0.05, 0) is 40.1 Å². The average molecular weight is 246 g/mol. The normalized spacial score (nSPS) is 11.2. The van der Waals surface area contributed by atoms with E-state index in [-0.39, 0.29) is 0 Å². The maximum absolute atomic E-state index is 9.24. The second kappa shape index (κ2) is 4.99. The Kier molecular flexibility index (Phi) is 3.03. The van der Waals surface area contributed by atoms with Crippen LogP contribution in [0.4, 0.5) is 0 Å². The highest BCUT2D eigenvalue weighted by Gasteiger charge is 1.93. The van der Waals surface area contributed by atoms with Crippen LogP contribution in [0, 0.1) is 0 Å². The highest BCUT2D eigenvalue weighted by Crippen LogP contribution is 2.18. The summed E-state index contributed by atoms with van der Waals surface area (Å²) in [5.74, 6) is 0.294. The van der Waals surface area contributed by atoms with Gasteiger partial charge in [-0.3, -0.25) is 0 Å². The standard InChI is InChI=1S/C18H14O/c19-18-11-8-14(9-12-18)5-6-15-7-10-16-3-1-2-4-17(16)13-15/h1-13,19H/b6-5-. The van der Waals surface area contributed by atoms with Gasteiger partial charge in [0, 0.05) is 0 Å². The molecule has 0 aliphatic heterocycles. The zero-order valence-corrected chi connectivity index (χ0v) is 10.5. The highest BCUT2D eigenvalue weighted by molar-refractivity contribution is 5.85. The van der Waals surface area contributed by atoms with Gasteiger partial charge in [-0.1, -0.05) is 60.7 Å². The van der Waals surface area contributed by atoms with Gasteiger partial charge in [0.1, 0.15) is 5.75 Å². The quantitative estimate of drug-likeness (QED) is 0.649. The van der Waals surface area contributed by atoms with Gasteiger partial charge < -0.3 is 5.11 Å². The first-order valence-electron chi connectivity index (χ1n) is 6.27. The monoisotopic (exact) mass is 246 g/mol. The van der Waals surface area contributed by atoms with Crippen LogP contribution in [0.1, 0.15) is 11.1 Å². The zero-order valence-electron chi connectivity index (χ0n) is 10.5. The summed E-state index contributed by atoms with van der Waals surface area (Å²) in [7, 11) is 0. The van der Waals surface area contributed by atoms with Crippen LogP contribution in [0.2, 0.25) is 0 Å². The fourth-order valence-corrected chi connectivity index (χ4v) is 2.09. The van der Waals surface area contributed by atoms with E-state index in [0.717, 1.165) is 5.56 Å². The number of benzene rings is 3. The summed E-state index contributed by atoms with van der Waals surface area (Å²) in [6.45, 7) is 0. The lowest BCUT2D eigenvalue weighted by molar-refractivity contribution is 0.475. The van der Waals surface area contributed by atoms with Crippen molar-refractivity contribution in [1.82, 2.24) is 0 Å². The van der Waals surface area contributed by atoms with Crippen molar-refractivity contribution in [2.45, 2.75) is 0 Å². The maximum Gasteiger partial charge on any atom is 0.115 e. The fourth-order valence-electron chi connectivity index (χ4n) is 2.09. The molecule has 92 valence electrons. The topological polar surface area (TPSA) is 20.2 Å². The molecule has 1 N–H and O–H groups in total. The zero-order chi connectivity index (χ0) is 13.1. The molecule has 0 saturated heterocycles. The van der Waals surface area contributed by atoms with Crippen molar-refractivity contribution in [3.63, 3.8) is 0 Å². The summed E-state index contributed by atoms with van der Waals surface area (Å²) in [5.41, 5.74) is 2.25.